The molecule has 1 unspecified atom stereocenters. The van der Waals surface area contributed by atoms with E-state index < -0.39 is 16.1 Å². The van der Waals surface area contributed by atoms with Gasteiger partial charge in [0.25, 0.3) is 0 Å². The summed E-state index contributed by atoms with van der Waals surface area (Å²) < 4.78 is 31.0. The number of halogens is 2. The molecule has 1 saturated heterocycles. The summed E-state index contributed by atoms with van der Waals surface area (Å²) in [6.07, 6.45) is 0.257. The molecule has 1 atom stereocenters. The van der Waals surface area contributed by atoms with Crippen LogP contribution in [-0.4, -0.2) is 77.2 Å². The molecule has 0 spiro atoms. The first-order chi connectivity index (χ1) is 14.7. The van der Waals surface area contributed by atoms with Crippen LogP contribution in [-0.2, 0) is 10.0 Å². The third-order valence-electron chi connectivity index (χ3n) is 5.25. The van der Waals surface area contributed by atoms with Crippen LogP contribution in [0.2, 0.25) is 10.0 Å². The molecule has 1 aliphatic heterocycles. The third-order valence-corrected chi connectivity index (χ3v) is 7.15. The Morgan fingerprint density at radius 1 is 1.06 bits per heavy atom. The number of rotatable bonds is 8. The fourth-order valence-electron chi connectivity index (χ4n) is 3.60. The fourth-order valence-corrected chi connectivity index (χ4v) is 4.83. The van der Waals surface area contributed by atoms with Crippen LogP contribution in [0.3, 0.4) is 0 Å². The third kappa shape index (κ3) is 6.40. The van der Waals surface area contributed by atoms with Crippen molar-refractivity contribution in [3.05, 3.63) is 52.5 Å². The van der Waals surface area contributed by atoms with Crippen molar-refractivity contribution in [3.8, 4) is 5.75 Å². The number of aliphatic hydroxyl groups is 1. The lowest BCUT2D eigenvalue weighted by Gasteiger charge is -2.37. The van der Waals surface area contributed by atoms with Crippen molar-refractivity contribution in [2.24, 2.45) is 0 Å². The summed E-state index contributed by atoms with van der Waals surface area (Å²) >= 11 is 12.0. The number of hydrogen-bond acceptors (Lipinski definition) is 6. The maximum absolute atomic E-state index is 12.3. The van der Waals surface area contributed by atoms with E-state index in [1.165, 1.54) is 6.07 Å². The molecule has 7 nitrogen and oxygen atoms in total. The van der Waals surface area contributed by atoms with Crippen molar-refractivity contribution in [1.82, 2.24) is 4.90 Å². The number of sulfonamides is 1. The lowest BCUT2D eigenvalue weighted by Crippen LogP contribution is -2.50. The van der Waals surface area contributed by atoms with Crippen LogP contribution < -0.4 is 13.9 Å². The van der Waals surface area contributed by atoms with Gasteiger partial charge in [0.15, 0.2) is 0 Å². The normalized spacial score (nSPS) is 16.2. The Bertz CT molecular complexity index is 981. The molecule has 0 amide bonds. The average molecular weight is 488 g/mol. The van der Waals surface area contributed by atoms with Gasteiger partial charge in [-0.1, -0.05) is 23.2 Å². The minimum Gasteiger partial charge on any atom is -0.497 e. The summed E-state index contributed by atoms with van der Waals surface area (Å²) in [5.41, 5.74) is 1.50. The Kier molecular flexibility index (Phi) is 7.93. The second-order valence-corrected chi connectivity index (χ2v) is 10.3. The van der Waals surface area contributed by atoms with E-state index in [0.717, 1.165) is 48.2 Å². The van der Waals surface area contributed by atoms with Gasteiger partial charge in [0, 0.05) is 38.4 Å². The minimum absolute atomic E-state index is 0.0600. The highest BCUT2D eigenvalue weighted by atomic mass is 35.5. The van der Waals surface area contributed by atoms with E-state index in [2.05, 4.69) is 9.80 Å². The summed E-state index contributed by atoms with van der Waals surface area (Å²) in [4.78, 5) is 4.42. The number of piperazine rings is 1. The lowest BCUT2D eigenvalue weighted by molar-refractivity contribution is 0.115. The molecule has 10 heteroatoms. The van der Waals surface area contributed by atoms with Crippen LogP contribution in [0, 0.1) is 0 Å². The Morgan fingerprint density at radius 3 is 2.26 bits per heavy atom. The predicted octanol–water partition coefficient (Wildman–Crippen LogP) is 2.95. The van der Waals surface area contributed by atoms with Gasteiger partial charge in [0.05, 0.1) is 41.7 Å². The van der Waals surface area contributed by atoms with Crippen molar-refractivity contribution >= 4 is 44.6 Å². The molecular formula is C21H27Cl2N3O4S. The summed E-state index contributed by atoms with van der Waals surface area (Å²) in [7, 11) is -1.96. The van der Waals surface area contributed by atoms with E-state index in [9.17, 15) is 13.5 Å². The van der Waals surface area contributed by atoms with Gasteiger partial charge in [-0.05, 0) is 42.5 Å². The van der Waals surface area contributed by atoms with Crippen LogP contribution in [0.25, 0.3) is 0 Å². The number of ether oxygens (including phenoxy) is 1. The van der Waals surface area contributed by atoms with Gasteiger partial charge in [0.2, 0.25) is 10.0 Å². The van der Waals surface area contributed by atoms with E-state index in [0.29, 0.717) is 17.3 Å². The Morgan fingerprint density at radius 2 is 1.71 bits per heavy atom. The number of anilines is 2. The number of methoxy groups -OCH3 is 1. The summed E-state index contributed by atoms with van der Waals surface area (Å²) in [6.45, 7) is 3.51. The second kappa shape index (κ2) is 10.3. The minimum atomic E-state index is -3.60. The molecule has 2 aromatic rings. The highest BCUT2D eigenvalue weighted by Crippen LogP contribution is 2.28. The topological polar surface area (TPSA) is 73.3 Å². The van der Waals surface area contributed by atoms with Gasteiger partial charge in [-0.2, -0.15) is 0 Å². The maximum atomic E-state index is 12.3. The van der Waals surface area contributed by atoms with E-state index >= 15 is 0 Å². The van der Waals surface area contributed by atoms with Crippen LogP contribution >= 0.6 is 23.2 Å². The Labute approximate surface area is 193 Å². The molecule has 0 aliphatic carbocycles. The molecule has 1 heterocycles. The number of aliphatic hydroxyl groups excluding tert-OH is 1. The lowest BCUT2D eigenvalue weighted by atomic mass is 10.2. The summed E-state index contributed by atoms with van der Waals surface area (Å²) in [5, 5.41) is 11.2. The maximum Gasteiger partial charge on any atom is 0.232 e. The highest BCUT2D eigenvalue weighted by Gasteiger charge is 2.25. The fraction of sp³-hybridized carbons (Fsp3) is 0.429. The number of benzene rings is 2. The van der Waals surface area contributed by atoms with Crippen LogP contribution in [0.15, 0.2) is 42.5 Å². The van der Waals surface area contributed by atoms with Crippen LogP contribution in [0.4, 0.5) is 11.4 Å². The molecule has 1 aliphatic rings. The summed E-state index contributed by atoms with van der Waals surface area (Å²) in [6, 6.07) is 12.6. The monoisotopic (exact) mass is 487 g/mol. The smallest absolute Gasteiger partial charge is 0.232 e. The molecule has 2 aromatic carbocycles. The van der Waals surface area contributed by atoms with Crippen LogP contribution in [0.1, 0.15) is 0 Å². The van der Waals surface area contributed by atoms with Crippen molar-refractivity contribution in [2.75, 3.05) is 61.8 Å². The predicted molar refractivity (Wildman–Crippen MR) is 126 cm³/mol. The first kappa shape index (κ1) is 23.9. The molecule has 0 aromatic heterocycles. The second-order valence-electron chi connectivity index (χ2n) is 7.53. The van der Waals surface area contributed by atoms with Gasteiger partial charge in [-0.3, -0.25) is 9.21 Å². The van der Waals surface area contributed by atoms with Gasteiger partial charge in [-0.25, -0.2) is 8.42 Å². The molecule has 3 rings (SSSR count). The molecule has 1 fully saturated rings. The van der Waals surface area contributed by atoms with Crippen LogP contribution in [0.5, 0.6) is 5.75 Å². The Hall–Kier alpha value is -1.71. The zero-order valence-corrected chi connectivity index (χ0v) is 19.9. The van der Waals surface area contributed by atoms with E-state index in [1.54, 1.807) is 19.2 Å². The first-order valence-electron chi connectivity index (χ1n) is 9.89. The van der Waals surface area contributed by atoms with Gasteiger partial charge >= 0.3 is 0 Å². The molecule has 1 N–H and O–H groups in total. The van der Waals surface area contributed by atoms with Crippen molar-refractivity contribution in [2.45, 2.75) is 6.10 Å². The van der Waals surface area contributed by atoms with Gasteiger partial charge < -0.3 is 14.7 Å². The molecule has 0 saturated carbocycles. The SMILES string of the molecule is COc1ccc(N2CCN(CC(O)CN(c3ccc(Cl)c(Cl)c3)S(C)(=O)=O)CC2)cc1. The van der Waals surface area contributed by atoms with E-state index in [1.807, 2.05) is 24.3 Å². The molecule has 31 heavy (non-hydrogen) atoms. The number of β-amino-alcohol motifs (C(OH)–C–C–N with tert-alkyl or cyclic N) is 1. The zero-order valence-electron chi connectivity index (χ0n) is 17.5. The molecule has 0 bridgehead atoms. The van der Waals surface area contributed by atoms with Crippen molar-refractivity contribution in [1.29, 1.82) is 0 Å². The molecular weight excluding hydrogens is 461 g/mol. The van der Waals surface area contributed by atoms with Crippen molar-refractivity contribution in [3.63, 3.8) is 0 Å². The zero-order chi connectivity index (χ0) is 22.6. The largest absolute Gasteiger partial charge is 0.497 e. The standard InChI is InChI=1S/C21H27Cl2N3O4S/c1-30-19-6-3-16(4-7-19)25-11-9-24(10-12-25)14-18(27)15-26(31(2,28)29)17-5-8-20(22)21(23)13-17/h3-8,13,18,27H,9-12,14-15H2,1-2H3. The van der Waals surface area contributed by atoms with Crippen molar-refractivity contribution < 1.29 is 18.3 Å². The average Bonchev–Trinajstić information content (AvgIpc) is 2.74. The number of nitrogens with zero attached hydrogens (tertiary/aromatic N) is 3. The van der Waals surface area contributed by atoms with E-state index in [-0.39, 0.29) is 11.6 Å². The highest BCUT2D eigenvalue weighted by molar-refractivity contribution is 7.92. The molecule has 170 valence electrons. The van der Waals surface area contributed by atoms with E-state index in [4.69, 9.17) is 27.9 Å². The first-order valence-corrected chi connectivity index (χ1v) is 12.5. The van der Waals surface area contributed by atoms with Gasteiger partial charge in [-0.15, -0.1) is 0 Å². The quantitative estimate of drug-likeness (QED) is 0.616. The Balaban J connectivity index is 1.57. The van der Waals surface area contributed by atoms with Gasteiger partial charge in [0.1, 0.15) is 5.75 Å². The molecule has 0 radical (unpaired) electrons. The summed E-state index contributed by atoms with van der Waals surface area (Å²) in [5.74, 6) is 0.822. The number of hydrogen-bond donors (Lipinski definition) is 1.